The fourth-order valence-corrected chi connectivity index (χ4v) is 4.40. The Morgan fingerprint density at radius 2 is 2.07 bits per heavy atom. The first-order valence-corrected chi connectivity index (χ1v) is 10.6. The molecule has 0 spiro atoms. The molecule has 1 unspecified atom stereocenters. The molecule has 0 amide bonds. The first kappa shape index (κ1) is 19.7. The van der Waals surface area contributed by atoms with Gasteiger partial charge in [0.25, 0.3) is 0 Å². The Hall–Kier alpha value is -2.65. The van der Waals surface area contributed by atoms with Crippen molar-refractivity contribution in [1.82, 2.24) is 15.0 Å². The van der Waals surface area contributed by atoms with Crippen LogP contribution in [0, 0.1) is 5.82 Å². The number of carbonyl (C=O) groups excluding carboxylic acids is 1. The number of methoxy groups -OCH3 is 1. The molecule has 3 aromatic rings. The zero-order valence-electron chi connectivity index (χ0n) is 16.0. The van der Waals surface area contributed by atoms with Crippen molar-refractivity contribution in [2.45, 2.75) is 30.4 Å². The average molecular weight is 416 g/mol. The first-order valence-electron chi connectivity index (χ1n) is 9.30. The van der Waals surface area contributed by atoms with Gasteiger partial charge in [-0.3, -0.25) is 14.0 Å². The molecule has 0 radical (unpaired) electrons. The van der Waals surface area contributed by atoms with Crippen molar-refractivity contribution < 1.29 is 18.1 Å². The maximum atomic E-state index is 14.6. The Morgan fingerprint density at radius 3 is 2.83 bits per heavy atom. The number of rotatable bonds is 6. The van der Waals surface area contributed by atoms with Crippen LogP contribution in [-0.4, -0.2) is 45.1 Å². The minimum atomic E-state index is -1.45. The third kappa shape index (κ3) is 4.35. The lowest BCUT2D eigenvalue weighted by Gasteiger charge is -2.28. The summed E-state index contributed by atoms with van der Waals surface area (Å²) in [6.45, 7) is 1.44. The van der Waals surface area contributed by atoms with Crippen LogP contribution >= 0.6 is 0 Å². The van der Waals surface area contributed by atoms with Crippen molar-refractivity contribution in [2.24, 2.45) is 0 Å². The molecule has 9 heteroatoms. The van der Waals surface area contributed by atoms with E-state index in [4.69, 9.17) is 4.74 Å². The normalized spacial score (nSPS) is 15.8. The maximum Gasteiger partial charge on any atom is 0.197 e. The lowest BCUT2D eigenvalue weighted by Crippen LogP contribution is -2.34. The third-order valence-corrected chi connectivity index (χ3v) is 6.06. The molecule has 152 valence electrons. The van der Waals surface area contributed by atoms with Gasteiger partial charge in [-0.25, -0.2) is 9.37 Å². The van der Waals surface area contributed by atoms with E-state index >= 15 is 0 Å². The van der Waals surface area contributed by atoms with E-state index in [1.165, 1.54) is 6.07 Å². The van der Waals surface area contributed by atoms with Crippen molar-refractivity contribution in [3.63, 3.8) is 0 Å². The van der Waals surface area contributed by atoms with Gasteiger partial charge >= 0.3 is 0 Å². The molecule has 3 heterocycles. The number of hydrogen-bond donors (Lipinski definition) is 1. The van der Waals surface area contributed by atoms with Gasteiger partial charge in [-0.15, -0.1) is 0 Å². The highest BCUT2D eigenvalue weighted by Crippen LogP contribution is 2.27. The molecule has 29 heavy (non-hydrogen) atoms. The van der Waals surface area contributed by atoms with Gasteiger partial charge < -0.3 is 14.6 Å². The number of anilines is 1. The number of nitrogens with one attached hydrogen (secondary N) is 1. The molecule has 1 aliphatic rings. The Morgan fingerprint density at radius 1 is 1.28 bits per heavy atom. The van der Waals surface area contributed by atoms with E-state index in [1.54, 1.807) is 19.4 Å². The van der Waals surface area contributed by atoms with Crippen molar-refractivity contribution in [2.75, 3.05) is 25.1 Å². The standard InChI is InChI=1S/C20H21FN4O3S/c1-28-11-13-2-5-22-14(8-13)12-29(27)20-23-17-9-16(21)19(10-18(17)24-20)25-6-3-15(26)4-7-25/h2,5,8-10H,3-4,6-7,11-12H2,1H3,(H,23,24). The SMILES string of the molecule is COCc1ccnc(CS(=O)c2nc3cc(N4CCC(=O)CC4)c(F)cc3[nH]2)c1. The van der Waals surface area contributed by atoms with Crippen LogP contribution in [0.5, 0.6) is 0 Å². The zero-order valence-corrected chi connectivity index (χ0v) is 16.8. The Labute approximate surface area is 169 Å². The third-order valence-electron chi connectivity index (χ3n) is 4.88. The molecule has 1 aromatic carbocycles. The number of aromatic amines is 1. The summed E-state index contributed by atoms with van der Waals surface area (Å²) in [5, 5.41) is 0.282. The van der Waals surface area contributed by atoms with E-state index in [0.717, 1.165) is 5.56 Å². The number of nitrogens with zero attached hydrogens (tertiary/aromatic N) is 3. The summed E-state index contributed by atoms with van der Waals surface area (Å²) >= 11 is 0. The summed E-state index contributed by atoms with van der Waals surface area (Å²) in [4.78, 5) is 24.9. The number of benzene rings is 1. The molecule has 7 nitrogen and oxygen atoms in total. The summed E-state index contributed by atoms with van der Waals surface area (Å²) in [5.74, 6) is 0.00570. The number of halogens is 1. The number of ketones is 1. The number of hydrogen-bond acceptors (Lipinski definition) is 6. The van der Waals surface area contributed by atoms with Crippen molar-refractivity contribution in [3.8, 4) is 0 Å². The number of carbonyl (C=O) groups is 1. The Bertz CT molecular complexity index is 1070. The summed E-state index contributed by atoms with van der Waals surface area (Å²) in [5.41, 5.74) is 3.07. The fourth-order valence-electron chi connectivity index (χ4n) is 3.41. The molecule has 1 fully saturated rings. The highest BCUT2D eigenvalue weighted by molar-refractivity contribution is 7.84. The summed E-state index contributed by atoms with van der Waals surface area (Å²) < 4.78 is 32.5. The van der Waals surface area contributed by atoms with Gasteiger partial charge in [0.1, 0.15) is 11.6 Å². The molecule has 0 saturated carbocycles. The van der Waals surface area contributed by atoms with E-state index < -0.39 is 10.8 Å². The highest BCUT2D eigenvalue weighted by Gasteiger charge is 2.21. The van der Waals surface area contributed by atoms with Crippen LogP contribution in [-0.2, 0) is 32.7 Å². The van der Waals surface area contributed by atoms with Crippen molar-refractivity contribution in [1.29, 1.82) is 0 Å². The largest absolute Gasteiger partial charge is 0.380 e. The summed E-state index contributed by atoms with van der Waals surface area (Å²) in [6, 6.07) is 6.70. The highest BCUT2D eigenvalue weighted by atomic mass is 32.2. The van der Waals surface area contributed by atoms with E-state index in [2.05, 4.69) is 15.0 Å². The number of aromatic nitrogens is 3. The lowest BCUT2D eigenvalue weighted by molar-refractivity contribution is -0.119. The zero-order chi connectivity index (χ0) is 20.4. The van der Waals surface area contributed by atoms with Crippen LogP contribution in [0.1, 0.15) is 24.1 Å². The van der Waals surface area contributed by atoms with Crippen LogP contribution < -0.4 is 4.90 Å². The number of piperidine rings is 1. The van der Waals surface area contributed by atoms with Gasteiger partial charge in [0.05, 0.1) is 45.6 Å². The second-order valence-electron chi connectivity index (χ2n) is 6.97. The monoisotopic (exact) mass is 416 g/mol. The fraction of sp³-hybridized carbons (Fsp3) is 0.350. The number of pyridine rings is 1. The molecule has 2 aromatic heterocycles. The van der Waals surface area contributed by atoms with Crippen LogP contribution in [0.15, 0.2) is 35.6 Å². The summed E-state index contributed by atoms with van der Waals surface area (Å²) in [7, 11) is 0.160. The number of H-pyrrole nitrogens is 1. The molecule has 0 bridgehead atoms. The van der Waals surface area contributed by atoms with Crippen LogP contribution in [0.3, 0.4) is 0 Å². The van der Waals surface area contributed by atoms with Crippen molar-refractivity contribution >= 4 is 33.3 Å². The number of fused-ring (bicyclic) bond motifs is 1. The average Bonchev–Trinajstić information content (AvgIpc) is 3.12. The molecule has 1 N–H and O–H groups in total. The second-order valence-corrected chi connectivity index (χ2v) is 8.33. The number of imidazole rings is 1. The Kier molecular flexibility index (Phi) is 5.68. The van der Waals surface area contributed by atoms with Crippen molar-refractivity contribution in [3.05, 3.63) is 47.5 Å². The van der Waals surface area contributed by atoms with Crippen LogP contribution in [0.4, 0.5) is 10.1 Å². The van der Waals surface area contributed by atoms with E-state index in [0.29, 0.717) is 55.0 Å². The van der Waals surface area contributed by atoms with Gasteiger partial charge in [-0.2, -0.15) is 0 Å². The van der Waals surface area contributed by atoms with Gasteiger partial charge in [-0.1, -0.05) is 0 Å². The second kappa shape index (κ2) is 8.38. The summed E-state index contributed by atoms with van der Waals surface area (Å²) in [6.07, 6.45) is 2.50. The predicted molar refractivity (Wildman–Crippen MR) is 108 cm³/mol. The van der Waals surface area contributed by atoms with E-state index in [-0.39, 0.29) is 22.5 Å². The topological polar surface area (TPSA) is 88.2 Å². The molecule has 4 rings (SSSR count). The molecule has 1 saturated heterocycles. The van der Waals surface area contributed by atoms with Crippen LogP contribution in [0.25, 0.3) is 11.0 Å². The van der Waals surface area contributed by atoms with Gasteiger partial charge in [0, 0.05) is 45.3 Å². The quantitative estimate of drug-likeness (QED) is 0.665. The lowest BCUT2D eigenvalue weighted by atomic mass is 10.1. The van der Waals surface area contributed by atoms with Gasteiger partial charge in [-0.05, 0) is 23.8 Å². The minimum absolute atomic E-state index is 0.195. The van der Waals surface area contributed by atoms with E-state index in [9.17, 15) is 13.4 Å². The minimum Gasteiger partial charge on any atom is -0.380 e. The number of Topliss-reactive ketones (excluding diaryl/α,β-unsaturated/α-hetero) is 1. The van der Waals surface area contributed by atoms with Crippen LogP contribution in [0.2, 0.25) is 0 Å². The molecule has 1 atom stereocenters. The molecular weight excluding hydrogens is 395 g/mol. The van der Waals surface area contributed by atoms with Gasteiger partial charge in [0.15, 0.2) is 5.16 Å². The van der Waals surface area contributed by atoms with E-state index in [1.807, 2.05) is 17.0 Å². The van der Waals surface area contributed by atoms with Gasteiger partial charge in [0.2, 0.25) is 0 Å². The molecule has 1 aliphatic heterocycles. The Balaban J connectivity index is 1.56. The maximum absolute atomic E-state index is 14.6. The number of ether oxygens (including phenoxy) is 1. The smallest absolute Gasteiger partial charge is 0.197 e. The molecular formula is C20H21FN4O3S. The molecule has 0 aliphatic carbocycles. The first-order chi connectivity index (χ1) is 14.0. The predicted octanol–water partition coefficient (Wildman–Crippen LogP) is 2.72.